The van der Waals surface area contributed by atoms with Crippen molar-refractivity contribution in [3.05, 3.63) is 48.5 Å². The number of rotatable bonds is 3. The number of hydrogen-bond donors (Lipinski definition) is 0. The van der Waals surface area contributed by atoms with Crippen LogP contribution in [0.15, 0.2) is 48.5 Å². The summed E-state index contributed by atoms with van der Waals surface area (Å²) in [5.41, 5.74) is 5.05. The van der Waals surface area contributed by atoms with E-state index in [1.54, 1.807) is 5.49 Å². The number of aromatic nitrogens is 6. The van der Waals surface area contributed by atoms with Crippen molar-refractivity contribution < 1.29 is 0 Å². The maximum Gasteiger partial charge on any atom is 0.162 e. The van der Waals surface area contributed by atoms with E-state index in [0.29, 0.717) is 0 Å². The molecule has 3 heterocycles. The van der Waals surface area contributed by atoms with Gasteiger partial charge in [-0.15, -0.1) is 10.2 Å². The molecular formula is C18H17N7S. The van der Waals surface area contributed by atoms with Crippen molar-refractivity contribution in [2.24, 2.45) is 0 Å². The maximum atomic E-state index is 5.13. The summed E-state index contributed by atoms with van der Waals surface area (Å²) in [7, 11) is 0. The first-order valence-corrected chi connectivity index (χ1v) is 9.10. The van der Waals surface area contributed by atoms with Gasteiger partial charge in [0.25, 0.3) is 0 Å². The van der Waals surface area contributed by atoms with Crippen molar-refractivity contribution in [3.63, 3.8) is 0 Å². The zero-order valence-electron chi connectivity index (χ0n) is 14.1. The molecule has 2 aromatic carbocycles. The standard InChI is InChI=1S/C18H17N7S/c26-13-23-11-9-18(10-12-23,24-16-7-3-1-5-14(16)19-21-24)25-17-8-4-2-6-15(17)20-22-25/h1-8,13H,9-12H2. The molecule has 1 aliphatic rings. The Morgan fingerprint density at radius 1 is 0.808 bits per heavy atom. The molecule has 0 saturated carbocycles. The molecule has 130 valence electrons. The van der Waals surface area contributed by atoms with Crippen LogP contribution in [0, 0.1) is 0 Å². The van der Waals surface area contributed by atoms with Crippen LogP contribution in [-0.4, -0.2) is 53.5 Å². The molecule has 26 heavy (non-hydrogen) atoms. The topological polar surface area (TPSA) is 64.7 Å². The average molecular weight is 363 g/mol. The Hall–Kier alpha value is -2.87. The van der Waals surface area contributed by atoms with Crippen molar-refractivity contribution >= 4 is 39.8 Å². The first kappa shape index (κ1) is 15.4. The van der Waals surface area contributed by atoms with E-state index in [4.69, 9.17) is 12.2 Å². The third-order valence-corrected chi connectivity index (χ3v) is 5.54. The first-order valence-electron chi connectivity index (χ1n) is 8.63. The van der Waals surface area contributed by atoms with Crippen molar-refractivity contribution in [3.8, 4) is 0 Å². The molecule has 2 aromatic heterocycles. The smallest absolute Gasteiger partial charge is 0.162 e. The average Bonchev–Trinajstić information content (AvgIpc) is 3.33. The molecule has 1 fully saturated rings. The molecule has 4 aromatic rings. The second-order valence-corrected chi connectivity index (χ2v) is 6.81. The van der Waals surface area contributed by atoms with Gasteiger partial charge in [-0.05, 0) is 24.3 Å². The predicted molar refractivity (Wildman–Crippen MR) is 103 cm³/mol. The van der Waals surface area contributed by atoms with Gasteiger partial charge in [0.05, 0.1) is 16.5 Å². The Kier molecular flexibility index (Phi) is 3.46. The summed E-state index contributed by atoms with van der Waals surface area (Å²) in [6.07, 6.45) is 1.64. The van der Waals surface area contributed by atoms with E-state index < -0.39 is 5.66 Å². The fourth-order valence-electron chi connectivity index (χ4n) is 3.85. The molecule has 0 radical (unpaired) electrons. The number of nitrogens with zero attached hydrogens (tertiary/aromatic N) is 7. The summed E-state index contributed by atoms with van der Waals surface area (Å²) in [4.78, 5) is 2.16. The van der Waals surface area contributed by atoms with Gasteiger partial charge < -0.3 is 4.90 Å². The Labute approximate surface area is 155 Å². The number of piperidine rings is 1. The van der Waals surface area contributed by atoms with Crippen molar-refractivity contribution in [1.82, 2.24) is 34.9 Å². The van der Waals surface area contributed by atoms with Gasteiger partial charge in [0, 0.05) is 25.9 Å². The number of fused-ring (bicyclic) bond motifs is 2. The van der Waals surface area contributed by atoms with Crippen LogP contribution in [0.3, 0.4) is 0 Å². The van der Waals surface area contributed by atoms with E-state index in [1.165, 1.54) is 0 Å². The van der Waals surface area contributed by atoms with Crippen LogP contribution in [0.5, 0.6) is 0 Å². The Morgan fingerprint density at radius 2 is 1.31 bits per heavy atom. The second kappa shape index (κ2) is 5.84. The summed E-state index contributed by atoms with van der Waals surface area (Å²) in [6, 6.07) is 16.1. The lowest BCUT2D eigenvalue weighted by molar-refractivity contribution is 0.0992. The molecule has 0 spiro atoms. The van der Waals surface area contributed by atoms with Gasteiger partial charge in [0.2, 0.25) is 0 Å². The number of hydrogen-bond acceptors (Lipinski definition) is 5. The highest BCUT2D eigenvalue weighted by molar-refractivity contribution is 7.78. The Bertz CT molecular complexity index is 1020. The molecule has 0 bridgehead atoms. The van der Waals surface area contributed by atoms with E-state index in [0.717, 1.165) is 48.0 Å². The molecule has 1 aliphatic heterocycles. The van der Waals surface area contributed by atoms with Crippen molar-refractivity contribution in [1.29, 1.82) is 0 Å². The number of thiocarbonyl (C=S) groups is 1. The van der Waals surface area contributed by atoms with Crippen LogP contribution >= 0.6 is 12.2 Å². The zero-order valence-corrected chi connectivity index (χ0v) is 14.9. The van der Waals surface area contributed by atoms with Crippen LogP contribution in [-0.2, 0) is 5.66 Å². The highest BCUT2D eigenvalue weighted by atomic mass is 32.1. The minimum absolute atomic E-state index is 0.457. The number of para-hydroxylation sites is 2. The van der Waals surface area contributed by atoms with Crippen LogP contribution in [0.2, 0.25) is 0 Å². The van der Waals surface area contributed by atoms with Gasteiger partial charge in [-0.3, -0.25) is 0 Å². The van der Waals surface area contributed by atoms with Gasteiger partial charge in [-0.2, -0.15) is 0 Å². The summed E-state index contributed by atoms with van der Waals surface area (Å²) in [5, 5.41) is 17.8. The number of benzene rings is 2. The first-order chi connectivity index (χ1) is 12.8. The molecular weight excluding hydrogens is 346 g/mol. The molecule has 8 heteroatoms. The van der Waals surface area contributed by atoms with Gasteiger partial charge in [0.1, 0.15) is 11.0 Å². The monoisotopic (exact) mass is 363 g/mol. The van der Waals surface area contributed by atoms with Crippen LogP contribution in [0.1, 0.15) is 12.8 Å². The lowest BCUT2D eigenvalue weighted by Gasteiger charge is -2.41. The lowest BCUT2D eigenvalue weighted by atomic mass is 9.96. The van der Waals surface area contributed by atoms with Gasteiger partial charge >= 0.3 is 0 Å². The predicted octanol–water partition coefficient (Wildman–Crippen LogP) is 2.43. The van der Waals surface area contributed by atoms with E-state index in [-0.39, 0.29) is 0 Å². The third-order valence-electron chi connectivity index (χ3n) is 5.24. The summed E-state index contributed by atoms with van der Waals surface area (Å²) in [5.74, 6) is 0. The molecule has 0 aliphatic carbocycles. The van der Waals surface area contributed by atoms with Crippen molar-refractivity contribution in [2.75, 3.05) is 13.1 Å². The lowest BCUT2D eigenvalue weighted by Crippen LogP contribution is -2.51. The largest absolute Gasteiger partial charge is 0.368 e. The van der Waals surface area contributed by atoms with Gasteiger partial charge in [-0.25, -0.2) is 9.36 Å². The Balaban J connectivity index is 1.75. The maximum absolute atomic E-state index is 5.13. The molecule has 0 N–H and O–H groups in total. The highest BCUT2D eigenvalue weighted by Crippen LogP contribution is 2.35. The van der Waals surface area contributed by atoms with Crippen molar-refractivity contribution in [2.45, 2.75) is 18.5 Å². The third kappa shape index (κ3) is 2.15. The van der Waals surface area contributed by atoms with Crippen LogP contribution in [0.25, 0.3) is 22.1 Å². The van der Waals surface area contributed by atoms with Crippen LogP contribution < -0.4 is 0 Å². The molecule has 0 atom stereocenters. The van der Waals surface area contributed by atoms with E-state index in [1.807, 2.05) is 45.8 Å². The van der Waals surface area contributed by atoms with E-state index in [2.05, 4.69) is 37.7 Å². The molecule has 0 unspecified atom stereocenters. The zero-order chi connectivity index (χ0) is 17.6. The highest BCUT2D eigenvalue weighted by Gasteiger charge is 2.41. The fourth-order valence-corrected chi connectivity index (χ4v) is 4.06. The normalized spacial score (nSPS) is 17.0. The molecule has 0 amide bonds. The SMILES string of the molecule is S=CN1CCC(n2nnc3ccccc32)(n2nnc3ccccc32)CC1. The second-order valence-electron chi connectivity index (χ2n) is 6.60. The summed E-state index contributed by atoms with van der Waals surface area (Å²) >= 11 is 5.13. The Morgan fingerprint density at radius 3 is 1.81 bits per heavy atom. The fraction of sp³-hybridized carbons (Fsp3) is 0.278. The minimum Gasteiger partial charge on any atom is -0.368 e. The minimum atomic E-state index is -0.457. The summed E-state index contributed by atoms with van der Waals surface area (Å²) < 4.78 is 4.04. The summed E-state index contributed by atoms with van der Waals surface area (Å²) in [6.45, 7) is 1.68. The van der Waals surface area contributed by atoms with Crippen LogP contribution in [0.4, 0.5) is 0 Å². The number of likely N-dealkylation sites (tertiary alicyclic amines) is 1. The molecule has 5 rings (SSSR count). The molecule has 1 saturated heterocycles. The van der Waals surface area contributed by atoms with E-state index in [9.17, 15) is 0 Å². The quantitative estimate of drug-likeness (QED) is 0.521. The van der Waals surface area contributed by atoms with Gasteiger partial charge in [-0.1, -0.05) is 46.9 Å². The van der Waals surface area contributed by atoms with E-state index >= 15 is 0 Å². The molecule has 7 nitrogen and oxygen atoms in total. The van der Waals surface area contributed by atoms with Gasteiger partial charge in [0.15, 0.2) is 5.66 Å².